The number of hydrogen-bond acceptors (Lipinski definition) is 3. The molecule has 0 aliphatic rings. The Morgan fingerprint density at radius 2 is 2.00 bits per heavy atom. The molecule has 1 atom stereocenters. The number of likely N-dealkylation sites (N-methyl/N-ethyl adjacent to an activating group) is 1. The van der Waals surface area contributed by atoms with E-state index in [1.54, 1.807) is 0 Å². The number of nitrogens with zero attached hydrogens (tertiary/aromatic N) is 1. The lowest BCUT2D eigenvalue weighted by atomic mass is 10.2. The molecule has 0 saturated heterocycles. The quantitative estimate of drug-likeness (QED) is 0.881. The van der Waals surface area contributed by atoms with Gasteiger partial charge in [-0.05, 0) is 33.0 Å². The molecule has 0 fully saturated rings. The van der Waals surface area contributed by atoms with Crippen molar-refractivity contribution in [3.8, 4) is 0 Å². The van der Waals surface area contributed by atoms with Crippen LogP contribution in [0.2, 0.25) is 0 Å². The minimum Gasteiger partial charge on any atom is -0.459 e. The van der Waals surface area contributed by atoms with E-state index in [4.69, 9.17) is 10.2 Å². The third kappa shape index (κ3) is 2.68. The molecule has 0 amide bonds. The Balaban J connectivity index is 2.16. The van der Waals surface area contributed by atoms with E-state index in [1.165, 1.54) is 0 Å². The van der Waals surface area contributed by atoms with Gasteiger partial charge in [0.05, 0.1) is 6.04 Å². The smallest absolute Gasteiger partial charge is 0.134 e. The molecule has 0 spiro atoms. The van der Waals surface area contributed by atoms with Gasteiger partial charge in [-0.15, -0.1) is 0 Å². The van der Waals surface area contributed by atoms with Gasteiger partial charge in [0.25, 0.3) is 0 Å². The predicted octanol–water partition coefficient (Wildman–Crippen LogP) is 2.77. The number of furan rings is 1. The van der Waals surface area contributed by atoms with Crippen LogP contribution in [0.4, 0.5) is 0 Å². The van der Waals surface area contributed by atoms with Crippen LogP contribution < -0.4 is 5.73 Å². The highest BCUT2D eigenvalue weighted by molar-refractivity contribution is 5.77. The summed E-state index contributed by atoms with van der Waals surface area (Å²) in [5, 5.41) is 1.12. The van der Waals surface area contributed by atoms with Crippen LogP contribution in [0.15, 0.2) is 34.7 Å². The van der Waals surface area contributed by atoms with Crippen molar-refractivity contribution in [2.45, 2.75) is 25.9 Å². The zero-order valence-electron chi connectivity index (χ0n) is 10.7. The Morgan fingerprint density at radius 1 is 1.29 bits per heavy atom. The Labute approximate surface area is 102 Å². The first-order valence-corrected chi connectivity index (χ1v) is 6.02. The van der Waals surface area contributed by atoms with Crippen LogP contribution in [-0.2, 0) is 0 Å². The predicted molar refractivity (Wildman–Crippen MR) is 70.9 cm³/mol. The fraction of sp³-hybridized carbons (Fsp3) is 0.429. The molecule has 3 heteroatoms. The first-order valence-electron chi connectivity index (χ1n) is 6.02. The van der Waals surface area contributed by atoms with E-state index in [0.717, 1.165) is 23.3 Å². The number of hydrogen-bond donors (Lipinski definition) is 1. The summed E-state index contributed by atoms with van der Waals surface area (Å²) in [4.78, 5) is 2.22. The molecule has 1 aromatic heterocycles. The van der Waals surface area contributed by atoms with Crippen molar-refractivity contribution in [1.29, 1.82) is 0 Å². The molecule has 3 nitrogen and oxygen atoms in total. The Morgan fingerprint density at radius 3 is 2.65 bits per heavy atom. The summed E-state index contributed by atoms with van der Waals surface area (Å²) in [6.45, 7) is 5.12. The number of nitrogens with two attached hydrogens (primary N) is 1. The molecular weight excluding hydrogens is 212 g/mol. The summed E-state index contributed by atoms with van der Waals surface area (Å²) in [6.07, 6.45) is 0. The summed E-state index contributed by atoms with van der Waals surface area (Å²) < 4.78 is 5.76. The minimum atomic E-state index is -0.0743. The fourth-order valence-corrected chi connectivity index (χ4v) is 1.80. The lowest BCUT2D eigenvalue weighted by Crippen LogP contribution is -2.33. The maximum atomic E-state index is 6.16. The second-order valence-corrected chi connectivity index (χ2v) is 4.83. The first-order chi connectivity index (χ1) is 8.08. The van der Waals surface area contributed by atoms with Gasteiger partial charge in [-0.3, -0.25) is 0 Å². The summed E-state index contributed by atoms with van der Waals surface area (Å²) in [5.41, 5.74) is 7.07. The van der Waals surface area contributed by atoms with Gasteiger partial charge in [0.1, 0.15) is 11.3 Å². The molecule has 1 aromatic carbocycles. The van der Waals surface area contributed by atoms with E-state index < -0.39 is 0 Å². The molecule has 2 N–H and O–H groups in total. The van der Waals surface area contributed by atoms with Crippen LogP contribution in [0.5, 0.6) is 0 Å². The van der Waals surface area contributed by atoms with E-state index >= 15 is 0 Å². The zero-order valence-corrected chi connectivity index (χ0v) is 10.7. The molecular formula is C14H20N2O. The summed E-state index contributed by atoms with van der Waals surface area (Å²) in [6, 6.07) is 10.4. The number of fused-ring (bicyclic) bond motifs is 1. The van der Waals surface area contributed by atoms with Gasteiger partial charge in [0.15, 0.2) is 0 Å². The highest BCUT2D eigenvalue weighted by Crippen LogP contribution is 2.23. The van der Waals surface area contributed by atoms with Crippen molar-refractivity contribution in [3.05, 3.63) is 36.1 Å². The molecule has 2 rings (SSSR count). The van der Waals surface area contributed by atoms with Crippen LogP contribution in [0.25, 0.3) is 11.0 Å². The van der Waals surface area contributed by atoms with Crippen molar-refractivity contribution in [1.82, 2.24) is 4.90 Å². The molecule has 92 valence electrons. The zero-order chi connectivity index (χ0) is 12.4. The lowest BCUT2D eigenvalue weighted by molar-refractivity contribution is 0.248. The monoisotopic (exact) mass is 232 g/mol. The standard InChI is InChI=1S/C14H20N2O/c1-10(2)16(3)9-12(15)14-8-11-6-4-5-7-13(11)17-14/h4-8,10,12H,9,15H2,1-3H3. The van der Waals surface area contributed by atoms with Crippen LogP contribution in [0, 0.1) is 0 Å². The second-order valence-electron chi connectivity index (χ2n) is 4.83. The van der Waals surface area contributed by atoms with Gasteiger partial charge in [-0.25, -0.2) is 0 Å². The molecule has 0 radical (unpaired) electrons. The Bertz CT molecular complexity index is 457. The summed E-state index contributed by atoms with van der Waals surface area (Å²) in [7, 11) is 2.08. The van der Waals surface area contributed by atoms with Crippen molar-refractivity contribution < 1.29 is 4.42 Å². The Hall–Kier alpha value is -1.32. The van der Waals surface area contributed by atoms with Gasteiger partial charge in [0.2, 0.25) is 0 Å². The average Bonchev–Trinajstić information content (AvgIpc) is 2.72. The van der Waals surface area contributed by atoms with E-state index in [9.17, 15) is 0 Å². The maximum absolute atomic E-state index is 6.16. The SMILES string of the molecule is CC(C)N(C)CC(N)c1cc2ccccc2o1. The molecule has 0 bridgehead atoms. The minimum absolute atomic E-state index is 0.0743. The molecule has 1 unspecified atom stereocenters. The van der Waals surface area contributed by atoms with Crippen molar-refractivity contribution >= 4 is 11.0 Å². The lowest BCUT2D eigenvalue weighted by Gasteiger charge is -2.23. The average molecular weight is 232 g/mol. The third-order valence-corrected chi connectivity index (χ3v) is 3.18. The summed E-state index contributed by atoms with van der Waals surface area (Å²) in [5.74, 6) is 0.860. The molecule has 0 aliphatic carbocycles. The van der Waals surface area contributed by atoms with Crippen LogP contribution in [0.1, 0.15) is 25.6 Å². The van der Waals surface area contributed by atoms with E-state index in [2.05, 4.69) is 25.8 Å². The largest absolute Gasteiger partial charge is 0.459 e. The van der Waals surface area contributed by atoms with Crippen LogP contribution >= 0.6 is 0 Å². The van der Waals surface area contributed by atoms with Gasteiger partial charge < -0.3 is 15.1 Å². The van der Waals surface area contributed by atoms with Crippen LogP contribution in [-0.4, -0.2) is 24.5 Å². The number of rotatable bonds is 4. The molecule has 0 aliphatic heterocycles. The number of benzene rings is 1. The third-order valence-electron chi connectivity index (χ3n) is 3.18. The topological polar surface area (TPSA) is 42.4 Å². The Kier molecular flexibility index (Phi) is 3.50. The van der Waals surface area contributed by atoms with E-state index in [0.29, 0.717) is 6.04 Å². The molecule has 2 aromatic rings. The highest BCUT2D eigenvalue weighted by Gasteiger charge is 2.15. The normalized spacial score (nSPS) is 13.8. The van der Waals surface area contributed by atoms with Crippen molar-refractivity contribution in [2.24, 2.45) is 5.73 Å². The van der Waals surface area contributed by atoms with E-state index in [-0.39, 0.29) is 6.04 Å². The van der Waals surface area contributed by atoms with Crippen molar-refractivity contribution in [3.63, 3.8) is 0 Å². The van der Waals surface area contributed by atoms with Gasteiger partial charge in [-0.1, -0.05) is 18.2 Å². The second kappa shape index (κ2) is 4.90. The molecule has 0 saturated carbocycles. The van der Waals surface area contributed by atoms with Gasteiger partial charge in [0, 0.05) is 18.0 Å². The first kappa shape index (κ1) is 12.1. The van der Waals surface area contributed by atoms with Gasteiger partial charge in [-0.2, -0.15) is 0 Å². The molecule has 1 heterocycles. The summed E-state index contributed by atoms with van der Waals surface area (Å²) >= 11 is 0. The van der Waals surface area contributed by atoms with Crippen molar-refractivity contribution in [2.75, 3.05) is 13.6 Å². The van der Waals surface area contributed by atoms with Crippen LogP contribution in [0.3, 0.4) is 0 Å². The van der Waals surface area contributed by atoms with E-state index in [1.807, 2.05) is 30.3 Å². The highest BCUT2D eigenvalue weighted by atomic mass is 16.3. The maximum Gasteiger partial charge on any atom is 0.134 e. The molecule has 17 heavy (non-hydrogen) atoms. The van der Waals surface area contributed by atoms with Gasteiger partial charge >= 0.3 is 0 Å². The number of para-hydroxylation sites is 1. The fourth-order valence-electron chi connectivity index (χ4n) is 1.80.